The zero-order chi connectivity index (χ0) is 18.2. The fourth-order valence-electron chi connectivity index (χ4n) is 2.45. The summed E-state index contributed by atoms with van der Waals surface area (Å²) in [5.41, 5.74) is 1.62. The van der Waals surface area contributed by atoms with Crippen molar-refractivity contribution in [2.45, 2.75) is 19.9 Å². The molecule has 0 aliphatic carbocycles. The van der Waals surface area contributed by atoms with Gasteiger partial charge in [-0.3, -0.25) is 4.79 Å². The standard InChI is InChI=1S/C20H23N3O2/c1-5-12-21-20(24)16-8-11-18(22-13-16)23-19(14(2)3)15-6-9-17(25-4)10-7-15/h1,6-11,13-14,19H,12H2,2-4H3,(H,21,24)(H,22,23). The number of carbonyl (C=O) groups is 1. The fourth-order valence-corrected chi connectivity index (χ4v) is 2.45. The average Bonchev–Trinajstić information content (AvgIpc) is 2.64. The molecule has 0 spiro atoms. The zero-order valence-corrected chi connectivity index (χ0v) is 14.7. The monoisotopic (exact) mass is 337 g/mol. The average molecular weight is 337 g/mol. The molecule has 5 heteroatoms. The van der Waals surface area contributed by atoms with Crippen molar-refractivity contribution in [3.63, 3.8) is 0 Å². The molecule has 25 heavy (non-hydrogen) atoms. The molecule has 0 radical (unpaired) electrons. The molecule has 1 amide bonds. The minimum Gasteiger partial charge on any atom is -0.497 e. The highest BCUT2D eigenvalue weighted by Crippen LogP contribution is 2.27. The summed E-state index contributed by atoms with van der Waals surface area (Å²) < 4.78 is 5.21. The Bertz CT molecular complexity index is 731. The Morgan fingerprint density at radius 1 is 1.24 bits per heavy atom. The molecule has 1 aromatic carbocycles. The van der Waals surface area contributed by atoms with Crippen LogP contribution in [0.3, 0.4) is 0 Å². The summed E-state index contributed by atoms with van der Waals surface area (Å²) in [6.45, 7) is 4.48. The van der Waals surface area contributed by atoms with E-state index in [1.807, 2.05) is 24.3 Å². The van der Waals surface area contributed by atoms with Gasteiger partial charge in [0.05, 0.1) is 25.3 Å². The Kier molecular flexibility index (Phi) is 6.41. The van der Waals surface area contributed by atoms with Crippen molar-refractivity contribution in [2.75, 3.05) is 19.0 Å². The minimum atomic E-state index is -0.229. The molecule has 1 heterocycles. The van der Waals surface area contributed by atoms with Gasteiger partial charge >= 0.3 is 0 Å². The third kappa shape index (κ3) is 4.98. The number of nitrogens with zero attached hydrogens (tertiary/aromatic N) is 1. The van der Waals surface area contributed by atoms with Crippen molar-refractivity contribution in [3.8, 4) is 18.1 Å². The number of benzene rings is 1. The van der Waals surface area contributed by atoms with Crippen LogP contribution in [0.1, 0.15) is 35.8 Å². The molecular weight excluding hydrogens is 314 g/mol. The van der Waals surface area contributed by atoms with Crippen molar-refractivity contribution in [3.05, 3.63) is 53.7 Å². The summed E-state index contributed by atoms with van der Waals surface area (Å²) >= 11 is 0. The summed E-state index contributed by atoms with van der Waals surface area (Å²) in [7, 11) is 1.65. The van der Waals surface area contributed by atoms with E-state index in [9.17, 15) is 4.79 Å². The molecule has 2 aromatic rings. The van der Waals surface area contributed by atoms with Gasteiger partial charge < -0.3 is 15.4 Å². The molecule has 130 valence electrons. The van der Waals surface area contributed by atoms with Gasteiger partial charge in [0.2, 0.25) is 0 Å². The normalized spacial score (nSPS) is 11.5. The number of carbonyl (C=O) groups excluding carboxylic acids is 1. The van der Waals surface area contributed by atoms with Gasteiger partial charge in [-0.25, -0.2) is 4.98 Å². The first-order valence-corrected chi connectivity index (χ1v) is 8.13. The van der Waals surface area contributed by atoms with E-state index in [4.69, 9.17) is 11.2 Å². The highest BCUT2D eigenvalue weighted by Gasteiger charge is 2.16. The summed E-state index contributed by atoms with van der Waals surface area (Å²) in [5, 5.41) is 6.04. The van der Waals surface area contributed by atoms with Crippen molar-refractivity contribution in [1.29, 1.82) is 0 Å². The molecule has 1 aromatic heterocycles. The van der Waals surface area contributed by atoms with Crippen LogP contribution in [0.5, 0.6) is 5.75 Å². The van der Waals surface area contributed by atoms with E-state index in [0.717, 1.165) is 11.3 Å². The lowest BCUT2D eigenvalue weighted by atomic mass is 9.96. The van der Waals surface area contributed by atoms with Crippen LogP contribution < -0.4 is 15.4 Å². The summed E-state index contributed by atoms with van der Waals surface area (Å²) in [4.78, 5) is 16.2. The van der Waals surface area contributed by atoms with Gasteiger partial charge in [-0.1, -0.05) is 31.9 Å². The largest absolute Gasteiger partial charge is 0.497 e. The van der Waals surface area contributed by atoms with Crippen molar-refractivity contribution in [1.82, 2.24) is 10.3 Å². The van der Waals surface area contributed by atoms with E-state index in [1.54, 1.807) is 25.4 Å². The molecule has 2 N–H and O–H groups in total. The van der Waals surface area contributed by atoms with Crippen LogP contribution in [-0.2, 0) is 0 Å². The number of hydrogen-bond acceptors (Lipinski definition) is 4. The summed E-state index contributed by atoms with van der Waals surface area (Å²) in [6, 6.07) is 11.6. The first kappa shape index (κ1) is 18.3. The number of nitrogens with one attached hydrogen (secondary N) is 2. The number of anilines is 1. The number of aromatic nitrogens is 1. The minimum absolute atomic E-state index is 0.0968. The molecule has 2 rings (SSSR count). The lowest BCUT2D eigenvalue weighted by Crippen LogP contribution is -2.23. The maximum atomic E-state index is 11.8. The van der Waals surface area contributed by atoms with Gasteiger partial charge in [-0.05, 0) is 35.7 Å². The van der Waals surface area contributed by atoms with E-state index in [2.05, 4.69) is 35.4 Å². The van der Waals surface area contributed by atoms with Crippen LogP contribution in [0.4, 0.5) is 5.82 Å². The lowest BCUT2D eigenvalue weighted by molar-refractivity contribution is 0.0958. The number of hydrogen-bond donors (Lipinski definition) is 2. The van der Waals surface area contributed by atoms with E-state index in [1.165, 1.54) is 0 Å². The predicted octanol–water partition coefficient (Wildman–Crippen LogP) is 3.26. The number of methoxy groups -OCH3 is 1. The Morgan fingerprint density at radius 3 is 2.48 bits per heavy atom. The van der Waals surface area contributed by atoms with E-state index in [-0.39, 0.29) is 18.5 Å². The zero-order valence-electron chi connectivity index (χ0n) is 14.7. The SMILES string of the molecule is C#CCNC(=O)c1ccc(NC(c2ccc(OC)cc2)C(C)C)nc1. The number of pyridine rings is 1. The highest BCUT2D eigenvalue weighted by molar-refractivity contribution is 5.94. The van der Waals surface area contributed by atoms with Crippen LogP contribution in [0, 0.1) is 18.3 Å². The predicted molar refractivity (Wildman–Crippen MR) is 99.6 cm³/mol. The first-order valence-electron chi connectivity index (χ1n) is 8.13. The second-order valence-corrected chi connectivity index (χ2v) is 5.96. The third-order valence-corrected chi connectivity index (χ3v) is 3.82. The Balaban J connectivity index is 2.11. The van der Waals surface area contributed by atoms with Crippen molar-refractivity contribution >= 4 is 11.7 Å². The van der Waals surface area contributed by atoms with Crippen LogP contribution in [0.2, 0.25) is 0 Å². The van der Waals surface area contributed by atoms with Crippen LogP contribution in [0.15, 0.2) is 42.6 Å². The van der Waals surface area contributed by atoms with Gasteiger partial charge in [0.1, 0.15) is 11.6 Å². The maximum absolute atomic E-state index is 11.8. The second kappa shape index (κ2) is 8.74. The van der Waals surface area contributed by atoms with E-state index in [0.29, 0.717) is 17.3 Å². The smallest absolute Gasteiger partial charge is 0.253 e. The molecule has 1 unspecified atom stereocenters. The maximum Gasteiger partial charge on any atom is 0.253 e. The number of ether oxygens (including phenoxy) is 1. The van der Waals surface area contributed by atoms with E-state index >= 15 is 0 Å². The quantitative estimate of drug-likeness (QED) is 0.761. The molecule has 0 aliphatic heterocycles. The van der Waals surface area contributed by atoms with Gasteiger partial charge in [0.25, 0.3) is 5.91 Å². The number of terminal acetylenes is 1. The van der Waals surface area contributed by atoms with Crippen molar-refractivity contribution < 1.29 is 9.53 Å². The molecule has 0 saturated heterocycles. The lowest BCUT2D eigenvalue weighted by Gasteiger charge is -2.23. The van der Waals surface area contributed by atoms with Crippen LogP contribution in [0.25, 0.3) is 0 Å². The summed E-state index contributed by atoms with van der Waals surface area (Å²) in [6.07, 6.45) is 6.68. The second-order valence-electron chi connectivity index (χ2n) is 5.96. The van der Waals surface area contributed by atoms with Gasteiger partial charge in [-0.2, -0.15) is 0 Å². The number of rotatable bonds is 7. The number of amides is 1. The molecule has 0 bridgehead atoms. The topological polar surface area (TPSA) is 63.2 Å². The van der Waals surface area contributed by atoms with Gasteiger partial charge in [0.15, 0.2) is 0 Å². The van der Waals surface area contributed by atoms with Gasteiger partial charge in [0, 0.05) is 6.20 Å². The highest BCUT2D eigenvalue weighted by atomic mass is 16.5. The van der Waals surface area contributed by atoms with Gasteiger partial charge in [-0.15, -0.1) is 6.42 Å². The Hall–Kier alpha value is -3.00. The van der Waals surface area contributed by atoms with Crippen molar-refractivity contribution in [2.24, 2.45) is 5.92 Å². The molecule has 0 aliphatic rings. The molecule has 1 atom stereocenters. The molecule has 0 saturated carbocycles. The first-order chi connectivity index (χ1) is 12.0. The summed E-state index contributed by atoms with van der Waals surface area (Å²) in [5.74, 6) is 4.03. The van der Waals surface area contributed by atoms with E-state index < -0.39 is 0 Å². The Morgan fingerprint density at radius 2 is 1.96 bits per heavy atom. The fraction of sp³-hybridized carbons (Fsp3) is 0.300. The molecule has 0 fully saturated rings. The Labute approximate surface area is 148 Å². The molecule has 5 nitrogen and oxygen atoms in total. The van der Waals surface area contributed by atoms with Crippen LogP contribution >= 0.6 is 0 Å². The molecular formula is C20H23N3O2. The van der Waals surface area contributed by atoms with Crippen LogP contribution in [-0.4, -0.2) is 24.5 Å². The third-order valence-electron chi connectivity index (χ3n) is 3.82.